The highest BCUT2D eigenvalue weighted by Crippen LogP contribution is 2.62. The van der Waals surface area contributed by atoms with Crippen molar-refractivity contribution in [2.45, 2.75) is 43.6 Å². The summed E-state index contributed by atoms with van der Waals surface area (Å²) in [7, 11) is -1.59. The minimum Gasteiger partial charge on any atom is -0.377 e. The van der Waals surface area contributed by atoms with E-state index in [2.05, 4.69) is 20.4 Å². The van der Waals surface area contributed by atoms with Crippen molar-refractivity contribution in [2.75, 3.05) is 39.8 Å². The Balaban J connectivity index is 1.20. The molecule has 0 radical (unpaired) electrons. The average molecular weight is 424 g/mol. The molecule has 0 bridgehead atoms. The molecule has 2 saturated heterocycles. The van der Waals surface area contributed by atoms with Crippen molar-refractivity contribution in [1.82, 2.24) is 19.7 Å². The fourth-order valence-corrected chi connectivity index (χ4v) is 7.09. The van der Waals surface area contributed by atoms with Gasteiger partial charge in [0, 0.05) is 63.3 Å². The first-order chi connectivity index (χ1) is 14.0. The van der Waals surface area contributed by atoms with E-state index in [0.717, 1.165) is 19.0 Å². The van der Waals surface area contributed by atoms with Crippen LogP contribution in [0.2, 0.25) is 0 Å². The van der Waals surface area contributed by atoms with Crippen LogP contribution in [0.25, 0.3) is 0 Å². The Labute approximate surface area is 171 Å². The van der Waals surface area contributed by atoms with Crippen LogP contribution in [0.5, 0.6) is 0 Å². The first-order valence-corrected chi connectivity index (χ1v) is 12.1. The maximum atomic E-state index is 12.7. The van der Waals surface area contributed by atoms with Crippen LogP contribution in [0.1, 0.15) is 31.4 Å². The van der Waals surface area contributed by atoms with Gasteiger partial charge < -0.3 is 19.5 Å². The Hall–Kier alpha value is -1.65. The lowest BCUT2D eigenvalue weighted by atomic mass is 9.46. The SMILES string of the molecule is CN=C(NC1C2CCOC2C12CCC2)N1CCN(S(=O)(=O)Cc2ccon2)CC1. The molecule has 3 atom stereocenters. The van der Waals surface area contributed by atoms with E-state index in [4.69, 9.17) is 9.26 Å². The van der Waals surface area contributed by atoms with Gasteiger partial charge in [-0.3, -0.25) is 4.99 Å². The summed E-state index contributed by atoms with van der Waals surface area (Å²) in [5.41, 5.74) is 0.730. The standard InChI is InChI=1S/C19H29N5O4S/c1-20-18(21-16-15-4-11-27-17(15)19(16)5-2-6-19)23-7-9-24(10-8-23)29(25,26)13-14-3-12-28-22-14/h3,12,15-17H,2,4-11,13H2,1H3,(H,20,21). The van der Waals surface area contributed by atoms with Crippen molar-refractivity contribution in [3.63, 3.8) is 0 Å². The molecule has 0 amide bonds. The Bertz CT molecular complexity index is 859. The maximum absolute atomic E-state index is 12.7. The molecule has 0 aromatic carbocycles. The largest absolute Gasteiger partial charge is 0.377 e. The van der Waals surface area contributed by atoms with Crippen molar-refractivity contribution in [3.8, 4) is 0 Å². The van der Waals surface area contributed by atoms with Gasteiger partial charge in [-0.25, -0.2) is 8.42 Å². The molecular weight excluding hydrogens is 394 g/mol. The van der Waals surface area contributed by atoms with Crippen molar-refractivity contribution in [2.24, 2.45) is 16.3 Å². The zero-order chi connectivity index (χ0) is 20.1. The minimum atomic E-state index is -3.40. The lowest BCUT2D eigenvalue weighted by Crippen LogP contribution is -2.73. The van der Waals surface area contributed by atoms with Crippen molar-refractivity contribution < 1.29 is 17.7 Å². The quantitative estimate of drug-likeness (QED) is 0.561. The third-order valence-electron chi connectivity index (χ3n) is 7.29. The highest BCUT2D eigenvalue weighted by molar-refractivity contribution is 7.88. The van der Waals surface area contributed by atoms with Gasteiger partial charge >= 0.3 is 0 Å². The van der Waals surface area contributed by atoms with Gasteiger partial charge in [-0.1, -0.05) is 11.6 Å². The summed E-state index contributed by atoms with van der Waals surface area (Å²) in [6.45, 7) is 3.03. The van der Waals surface area contributed by atoms with Crippen LogP contribution in [0.15, 0.2) is 21.8 Å². The molecule has 9 nitrogen and oxygen atoms in total. The fourth-order valence-electron chi connectivity index (χ4n) is 5.66. The molecule has 2 aliphatic heterocycles. The first-order valence-electron chi connectivity index (χ1n) is 10.5. The number of aromatic nitrogens is 1. The van der Waals surface area contributed by atoms with Crippen LogP contribution in [-0.2, 0) is 20.5 Å². The second kappa shape index (κ2) is 7.24. The molecule has 1 aromatic rings. The van der Waals surface area contributed by atoms with E-state index < -0.39 is 10.0 Å². The summed E-state index contributed by atoms with van der Waals surface area (Å²) in [6.07, 6.45) is 6.69. The molecule has 160 valence electrons. The molecule has 3 heterocycles. The van der Waals surface area contributed by atoms with Gasteiger partial charge in [-0.15, -0.1) is 0 Å². The van der Waals surface area contributed by atoms with Gasteiger partial charge in [0.2, 0.25) is 10.0 Å². The highest BCUT2D eigenvalue weighted by Gasteiger charge is 2.66. The minimum absolute atomic E-state index is 0.121. The zero-order valence-electron chi connectivity index (χ0n) is 16.8. The number of piperazine rings is 1. The van der Waals surface area contributed by atoms with Gasteiger partial charge in [0.1, 0.15) is 12.0 Å². The Morgan fingerprint density at radius 1 is 1.34 bits per heavy atom. The average Bonchev–Trinajstić information content (AvgIpc) is 3.32. The molecular formula is C19H29N5O4S. The molecule has 2 aliphatic carbocycles. The van der Waals surface area contributed by atoms with Gasteiger partial charge in [0.05, 0.1) is 11.8 Å². The molecule has 4 fully saturated rings. The number of hydrogen-bond acceptors (Lipinski definition) is 6. The van der Waals surface area contributed by atoms with Crippen LogP contribution < -0.4 is 5.32 Å². The van der Waals surface area contributed by atoms with Crippen LogP contribution in [0.3, 0.4) is 0 Å². The molecule has 29 heavy (non-hydrogen) atoms. The molecule has 1 aromatic heterocycles. The summed E-state index contributed by atoms with van der Waals surface area (Å²) in [6, 6.07) is 2.02. The van der Waals surface area contributed by atoms with E-state index in [1.54, 1.807) is 10.4 Å². The van der Waals surface area contributed by atoms with E-state index in [0.29, 0.717) is 55.4 Å². The predicted molar refractivity (Wildman–Crippen MR) is 107 cm³/mol. The third-order valence-corrected chi connectivity index (χ3v) is 9.10. The number of ether oxygens (including phenoxy) is 1. The monoisotopic (exact) mass is 423 g/mol. The van der Waals surface area contributed by atoms with E-state index in [1.807, 2.05) is 7.05 Å². The predicted octanol–water partition coefficient (Wildman–Crippen LogP) is 0.655. The second-order valence-corrected chi connectivity index (χ2v) is 10.6. The Morgan fingerprint density at radius 2 is 2.14 bits per heavy atom. The summed E-state index contributed by atoms with van der Waals surface area (Å²) in [5.74, 6) is 1.35. The van der Waals surface area contributed by atoms with Gasteiger partial charge in [0.25, 0.3) is 0 Å². The topological polar surface area (TPSA) is 100 Å². The molecule has 4 aliphatic rings. The Morgan fingerprint density at radius 3 is 2.76 bits per heavy atom. The number of nitrogens with zero attached hydrogens (tertiary/aromatic N) is 4. The van der Waals surface area contributed by atoms with Crippen molar-refractivity contribution in [1.29, 1.82) is 0 Å². The highest BCUT2D eigenvalue weighted by atomic mass is 32.2. The number of aliphatic imine (C=N–C) groups is 1. The van der Waals surface area contributed by atoms with E-state index in [9.17, 15) is 8.42 Å². The first kappa shape index (κ1) is 19.3. The summed E-state index contributed by atoms with van der Waals surface area (Å²) < 4.78 is 37.6. The van der Waals surface area contributed by atoms with E-state index in [1.165, 1.54) is 25.5 Å². The van der Waals surface area contributed by atoms with E-state index >= 15 is 0 Å². The summed E-state index contributed by atoms with van der Waals surface area (Å²) >= 11 is 0. The van der Waals surface area contributed by atoms with Crippen LogP contribution in [0.4, 0.5) is 0 Å². The maximum Gasteiger partial charge on any atom is 0.220 e. The van der Waals surface area contributed by atoms with Crippen LogP contribution in [0, 0.1) is 11.3 Å². The number of rotatable bonds is 4. The fraction of sp³-hybridized carbons (Fsp3) is 0.789. The number of sulfonamides is 1. The molecule has 2 saturated carbocycles. The smallest absolute Gasteiger partial charge is 0.220 e. The van der Waals surface area contributed by atoms with Gasteiger partial charge in [-0.05, 0) is 19.3 Å². The van der Waals surface area contributed by atoms with Gasteiger partial charge in [-0.2, -0.15) is 4.31 Å². The summed E-state index contributed by atoms with van der Waals surface area (Å²) in [4.78, 5) is 6.70. The lowest BCUT2D eigenvalue weighted by Gasteiger charge is -2.63. The van der Waals surface area contributed by atoms with Crippen molar-refractivity contribution in [3.05, 3.63) is 18.0 Å². The number of fused-ring (bicyclic) bond motifs is 2. The van der Waals surface area contributed by atoms with Crippen LogP contribution in [-0.4, -0.2) is 80.7 Å². The number of guanidine groups is 1. The molecule has 3 unspecified atom stereocenters. The lowest BCUT2D eigenvalue weighted by molar-refractivity contribution is -0.171. The zero-order valence-corrected chi connectivity index (χ0v) is 17.6. The molecule has 10 heteroatoms. The van der Waals surface area contributed by atoms with E-state index in [-0.39, 0.29) is 5.75 Å². The van der Waals surface area contributed by atoms with Crippen LogP contribution >= 0.6 is 0 Å². The number of nitrogens with one attached hydrogen (secondary N) is 1. The molecule has 5 rings (SSSR count). The molecule has 1 spiro atoms. The van der Waals surface area contributed by atoms with Gasteiger partial charge in [0.15, 0.2) is 5.96 Å². The van der Waals surface area contributed by atoms with Crippen molar-refractivity contribution >= 4 is 16.0 Å². The normalized spacial score (nSPS) is 32.0. The summed E-state index contributed by atoms with van der Waals surface area (Å²) in [5, 5.41) is 7.46. The number of hydrogen-bond donors (Lipinski definition) is 1. The third kappa shape index (κ3) is 3.16. The molecule has 1 N–H and O–H groups in total. The Kier molecular flexibility index (Phi) is 4.83. The second-order valence-electron chi connectivity index (χ2n) is 8.63.